The zero-order chi connectivity index (χ0) is 13.0. The molecule has 0 saturated carbocycles. The number of nitrogens with one attached hydrogen (secondary N) is 1. The lowest BCUT2D eigenvalue weighted by atomic mass is 10.0. The molecule has 0 fully saturated rings. The van der Waals surface area contributed by atoms with Crippen molar-refractivity contribution in [2.45, 2.75) is 12.5 Å². The van der Waals surface area contributed by atoms with Crippen molar-refractivity contribution in [1.29, 1.82) is 0 Å². The number of aromatic nitrogens is 2. The van der Waals surface area contributed by atoms with Crippen molar-refractivity contribution in [3.8, 4) is 0 Å². The van der Waals surface area contributed by atoms with Gasteiger partial charge in [-0.2, -0.15) is 0 Å². The van der Waals surface area contributed by atoms with Crippen molar-refractivity contribution in [2.24, 2.45) is 0 Å². The molecule has 0 spiro atoms. The molecule has 0 bridgehead atoms. The molecular weight excluding hydrogens is 297 g/mol. The summed E-state index contributed by atoms with van der Waals surface area (Å²) in [5.74, 6) is 0.447. The van der Waals surface area contributed by atoms with Gasteiger partial charge in [0.25, 0.3) is 0 Å². The lowest BCUT2D eigenvalue weighted by Crippen LogP contribution is -2.21. The average Bonchev–Trinajstić information content (AvgIpc) is 2.39. The second-order valence-electron chi connectivity index (χ2n) is 3.89. The molecule has 2 aromatic rings. The third-order valence-corrected chi connectivity index (χ3v) is 3.18. The number of benzene rings is 1. The van der Waals surface area contributed by atoms with Crippen LogP contribution in [0.2, 0.25) is 0 Å². The van der Waals surface area contributed by atoms with E-state index in [0.717, 1.165) is 4.47 Å². The standard InChI is InChI=1S/C13H13BrFN3/c1-16-12(13-17-5-2-6-18-13)7-9-3-4-10(14)8-11(9)15/h2-6,8,12,16H,7H2,1H3. The normalized spacial score (nSPS) is 12.4. The molecule has 18 heavy (non-hydrogen) atoms. The molecule has 1 atom stereocenters. The van der Waals surface area contributed by atoms with Gasteiger partial charge >= 0.3 is 0 Å². The van der Waals surface area contributed by atoms with Gasteiger partial charge in [0.15, 0.2) is 0 Å². The Bertz CT molecular complexity index is 519. The fourth-order valence-corrected chi connectivity index (χ4v) is 2.05. The Hall–Kier alpha value is -1.33. The highest BCUT2D eigenvalue weighted by atomic mass is 79.9. The molecule has 1 unspecified atom stereocenters. The molecule has 5 heteroatoms. The van der Waals surface area contributed by atoms with Gasteiger partial charge in [-0.25, -0.2) is 14.4 Å². The van der Waals surface area contributed by atoms with Crippen molar-refractivity contribution in [3.63, 3.8) is 0 Å². The van der Waals surface area contributed by atoms with E-state index in [2.05, 4.69) is 31.2 Å². The molecular formula is C13H13BrFN3. The predicted molar refractivity (Wildman–Crippen MR) is 71.6 cm³/mol. The van der Waals surface area contributed by atoms with Crippen LogP contribution in [0.4, 0.5) is 4.39 Å². The van der Waals surface area contributed by atoms with E-state index in [1.165, 1.54) is 6.07 Å². The van der Waals surface area contributed by atoms with Gasteiger partial charge < -0.3 is 5.32 Å². The zero-order valence-electron chi connectivity index (χ0n) is 9.90. The van der Waals surface area contributed by atoms with Crippen molar-refractivity contribution in [2.75, 3.05) is 7.05 Å². The Kier molecular flexibility index (Phi) is 4.38. The van der Waals surface area contributed by atoms with Gasteiger partial charge in [-0.1, -0.05) is 22.0 Å². The highest BCUT2D eigenvalue weighted by Gasteiger charge is 2.15. The highest BCUT2D eigenvalue weighted by Crippen LogP contribution is 2.20. The summed E-state index contributed by atoms with van der Waals surface area (Å²) in [4.78, 5) is 8.38. The fourth-order valence-electron chi connectivity index (χ4n) is 1.72. The lowest BCUT2D eigenvalue weighted by molar-refractivity contribution is 0.532. The summed E-state index contributed by atoms with van der Waals surface area (Å²) in [6.45, 7) is 0. The van der Waals surface area contributed by atoms with Gasteiger partial charge in [0, 0.05) is 16.9 Å². The summed E-state index contributed by atoms with van der Waals surface area (Å²) >= 11 is 3.24. The summed E-state index contributed by atoms with van der Waals surface area (Å²) in [6, 6.07) is 6.73. The lowest BCUT2D eigenvalue weighted by Gasteiger charge is -2.15. The van der Waals surface area contributed by atoms with Crippen LogP contribution >= 0.6 is 15.9 Å². The minimum atomic E-state index is -0.222. The Labute approximate surface area is 114 Å². The Morgan fingerprint density at radius 1 is 1.33 bits per heavy atom. The number of nitrogens with zero attached hydrogens (tertiary/aromatic N) is 2. The Morgan fingerprint density at radius 3 is 2.67 bits per heavy atom. The number of rotatable bonds is 4. The van der Waals surface area contributed by atoms with Gasteiger partial charge in [0.2, 0.25) is 0 Å². The van der Waals surface area contributed by atoms with E-state index >= 15 is 0 Å². The summed E-state index contributed by atoms with van der Waals surface area (Å²) in [5, 5.41) is 3.11. The zero-order valence-corrected chi connectivity index (χ0v) is 11.5. The maximum atomic E-state index is 13.8. The topological polar surface area (TPSA) is 37.8 Å². The van der Waals surface area contributed by atoms with E-state index in [1.54, 1.807) is 24.5 Å². The molecule has 3 nitrogen and oxygen atoms in total. The van der Waals surface area contributed by atoms with Crippen LogP contribution in [0.3, 0.4) is 0 Å². The molecule has 1 heterocycles. The first-order valence-electron chi connectivity index (χ1n) is 5.59. The van der Waals surface area contributed by atoms with Crippen LogP contribution in [0.25, 0.3) is 0 Å². The first kappa shape index (κ1) is 13.1. The molecule has 1 aromatic carbocycles. The Balaban J connectivity index is 2.21. The van der Waals surface area contributed by atoms with Gasteiger partial charge in [-0.05, 0) is 37.2 Å². The quantitative estimate of drug-likeness (QED) is 0.943. The van der Waals surface area contributed by atoms with Crippen LogP contribution in [-0.4, -0.2) is 17.0 Å². The summed E-state index contributed by atoms with van der Waals surface area (Å²) in [7, 11) is 1.82. The van der Waals surface area contributed by atoms with Crippen molar-refractivity contribution in [1.82, 2.24) is 15.3 Å². The minimum Gasteiger partial charge on any atom is -0.310 e. The molecule has 0 radical (unpaired) electrons. The molecule has 94 valence electrons. The number of hydrogen-bond donors (Lipinski definition) is 1. The van der Waals surface area contributed by atoms with E-state index in [1.807, 2.05) is 13.1 Å². The highest BCUT2D eigenvalue weighted by molar-refractivity contribution is 9.10. The number of hydrogen-bond acceptors (Lipinski definition) is 3. The van der Waals surface area contributed by atoms with Crippen molar-refractivity contribution in [3.05, 3.63) is 58.3 Å². The third-order valence-electron chi connectivity index (χ3n) is 2.69. The molecule has 0 amide bonds. The van der Waals surface area contributed by atoms with Crippen LogP contribution in [0.1, 0.15) is 17.4 Å². The summed E-state index contributed by atoms with van der Waals surface area (Å²) in [6.07, 6.45) is 3.88. The molecule has 2 rings (SSSR count). The second-order valence-corrected chi connectivity index (χ2v) is 4.80. The van der Waals surface area contributed by atoms with Crippen molar-refractivity contribution < 1.29 is 4.39 Å². The molecule has 0 aliphatic rings. The van der Waals surface area contributed by atoms with Gasteiger partial charge in [0.1, 0.15) is 11.6 Å². The molecule has 1 aromatic heterocycles. The van der Waals surface area contributed by atoms with Crippen LogP contribution in [0.15, 0.2) is 41.1 Å². The van der Waals surface area contributed by atoms with E-state index < -0.39 is 0 Å². The van der Waals surface area contributed by atoms with Crippen LogP contribution in [0, 0.1) is 5.82 Å². The van der Waals surface area contributed by atoms with Gasteiger partial charge in [-0.15, -0.1) is 0 Å². The number of halogens is 2. The average molecular weight is 310 g/mol. The minimum absolute atomic E-state index is 0.0955. The van der Waals surface area contributed by atoms with Crippen LogP contribution in [0.5, 0.6) is 0 Å². The van der Waals surface area contributed by atoms with Crippen LogP contribution < -0.4 is 5.32 Å². The molecule has 0 aliphatic heterocycles. The number of likely N-dealkylation sites (N-methyl/N-ethyl adjacent to an activating group) is 1. The maximum absolute atomic E-state index is 13.8. The second kappa shape index (κ2) is 6.02. The van der Waals surface area contributed by atoms with E-state index in [9.17, 15) is 4.39 Å². The molecule has 1 N–H and O–H groups in total. The van der Waals surface area contributed by atoms with E-state index in [-0.39, 0.29) is 11.9 Å². The maximum Gasteiger partial charge on any atom is 0.145 e. The molecule has 0 saturated heterocycles. The van der Waals surface area contributed by atoms with E-state index in [4.69, 9.17) is 0 Å². The smallest absolute Gasteiger partial charge is 0.145 e. The van der Waals surface area contributed by atoms with Crippen LogP contribution in [-0.2, 0) is 6.42 Å². The summed E-state index contributed by atoms with van der Waals surface area (Å²) < 4.78 is 14.5. The monoisotopic (exact) mass is 309 g/mol. The predicted octanol–water partition coefficient (Wildman–Crippen LogP) is 2.88. The molecule has 0 aliphatic carbocycles. The largest absolute Gasteiger partial charge is 0.310 e. The third kappa shape index (κ3) is 3.11. The first-order valence-corrected chi connectivity index (χ1v) is 6.38. The SMILES string of the molecule is CNC(Cc1ccc(Br)cc1F)c1ncccn1. The first-order chi connectivity index (χ1) is 8.70. The fraction of sp³-hybridized carbons (Fsp3) is 0.231. The Morgan fingerprint density at radius 2 is 2.06 bits per heavy atom. The van der Waals surface area contributed by atoms with Crippen molar-refractivity contribution >= 4 is 15.9 Å². The van der Waals surface area contributed by atoms with Gasteiger partial charge in [0.05, 0.1) is 6.04 Å². The summed E-state index contributed by atoms with van der Waals surface area (Å²) in [5.41, 5.74) is 0.644. The van der Waals surface area contributed by atoms with E-state index in [0.29, 0.717) is 17.8 Å². The van der Waals surface area contributed by atoms with Gasteiger partial charge in [-0.3, -0.25) is 0 Å².